The molecule has 0 bridgehead atoms. The molecule has 0 aromatic heterocycles. The average molecular weight is 279 g/mol. The summed E-state index contributed by atoms with van der Waals surface area (Å²) in [6.45, 7) is 4.19. The first-order valence-electron chi connectivity index (χ1n) is 4.40. The molecule has 0 atom stereocenters. The smallest absolute Gasteiger partial charge is 1.00 e. The minimum atomic E-state index is 0. The Bertz CT molecular complexity index is 306. The van der Waals surface area contributed by atoms with Gasteiger partial charge in [0.25, 0.3) is 0 Å². The molecular weight excluding hydrogens is 264 g/mol. The second-order valence-corrected chi connectivity index (χ2v) is 3.22. The predicted octanol–water partition coefficient (Wildman–Crippen LogP) is -0.373. The van der Waals surface area contributed by atoms with Crippen LogP contribution in [0.4, 0.5) is 0 Å². The molecule has 1 rings (SSSR count). The summed E-state index contributed by atoms with van der Waals surface area (Å²) in [5.41, 5.74) is 2.51. The Morgan fingerprint density at radius 2 is 2.13 bits per heavy atom. The summed E-state index contributed by atoms with van der Waals surface area (Å²) in [7, 11) is 1.70. The SMILES string of the molecule is COc1cc[c-]cc1CC=C(C)C.[Br-].[Mg+2]. The molecule has 0 radical (unpaired) electrons. The van der Waals surface area contributed by atoms with Crippen LogP contribution >= 0.6 is 0 Å². The molecule has 0 aliphatic rings. The third-order valence-electron chi connectivity index (χ3n) is 1.86. The van der Waals surface area contributed by atoms with E-state index in [1.165, 1.54) is 11.1 Å². The maximum Gasteiger partial charge on any atom is 2.00 e. The summed E-state index contributed by atoms with van der Waals surface area (Å²) in [6, 6.07) is 8.83. The van der Waals surface area contributed by atoms with E-state index < -0.39 is 0 Å². The molecular formula is C12H15BrMgO. The van der Waals surface area contributed by atoms with Crippen LogP contribution in [0.5, 0.6) is 5.75 Å². The molecule has 0 aliphatic heterocycles. The van der Waals surface area contributed by atoms with Crippen molar-refractivity contribution >= 4 is 23.1 Å². The summed E-state index contributed by atoms with van der Waals surface area (Å²) < 4.78 is 5.23. The van der Waals surface area contributed by atoms with Crippen LogP contribution in [0.15, 0.2) is 29.8 Å². The molecule has 0 unspecified atom stereocenters. The molecule has 0 N–H and O–H groups in total. The largest absolute Gasteiger partial charge is 2.00 e. The molecule has 3 heteroatoms. The van der Waals surface area contributed by atoms with Crippen molar-refractivity contribution in [3.05, 3.63) is 41.5 Å². The van der Waals surface area contributed by atoms with Crippen molar-refractivity contribution in [2.45, 2.75) is 20.3 Å². The van der Waals surface area contributed by atoms with E-state index in [1.54, 1.807) is 7.11 Å². The van der Waals surface area contributed by atoms with Crippen molar-refractivity contribution in [2.24, 2.45) is 0 Å². The van der Waals surface area contributed by atoms with E-state index in [4.69, 9.17) is 4.74 Å². The monoisotopic (exact) mass is 278 g/mol. The maximum absolute atomic E-state index is 5.23. The summed E-state index contributed by atoms with van der Waals surface area (Å²) in [5, 5.41) is 0. The predicted molar refractivity (Wildman–Crippen MR) is 60.7 cm³/mol. The minimum Gasteiger partial charge on any atom is -1.00 e. The Morgan fingerprint density at radius 1 is 1.47 bits per heavy atom. The normalized spacial score (nSPS) is 8.20. The van der Waals surface area contributed by atoms with Gasteiger partial charge in [-0.1, -0.05) is 18.1 Å². The fraction of sp³-hybridized carbons (Fsp3) is 0.333. The second kappa shape index (κ2) is 9.25. The number of allylic oxidation sites excluding steroid dienone is 2. The number of benzene rings is 1. The van der Waals surface area contributed by atoms with E-state index in [0.29, 0.717) is 0 Å². The van der Waals surface area contributed by atoms with Crippen LogP contribution < -0.4 is 21.7 Å². The van der Waals surface area contributed by atoms with Gasteiger partial charge in [-0.25, -0.2) is 0 Å². The van der Waals surface area contributed by atoms with E-state index in [-0.39, 0.29) is 40.0 Å². The van der Waals surface area contributed by atoms with Crippen molar-refractivity contribution in [3.8, 4) is 5.75 Å². The van der Waals surface area contributed by atoms with E-state index in [9.17, 15) is 0 Å². The van der Waals surface area contributed by atoms with Crippen molar-refractivity contribution in [3.63, 3.8) is 0 Å². The Balaban J connectivity index is 0. The first-order valence-corrected chi connectivity index (χ1v) is 4.40. The Labute approximate surface area is 119 Å². The van der Waals surface area contributed by atoms with Crippen molar-refractivity contribution in [1.82, 2.24) is 0 Å². The molecule has 78 valence electrons. The van der Waals surface area contributed by atoms with Crippen LogP contribution in [0.3, 0.4) is 0 Å². The van der Waals surface area contributed by atoms with Gasteiger partial charge >= 0.3 is 23.1 Å². The van der Waals surface area contributed by atoms with Gasteiger partial charge in [0.2, 0.25) is 0 Å². The van der Waals surface area contributed by atoms with Gasteiger partial charge in [0.15, 0.2) is 0 Å². The van der Waals surface area contributed by atoms with Crippen LogP contribution in [0.1, 0.15) is 19.4 Å². The first kappa shape index (κ1) is 17.4. The van der Waals surface area contributed by atoms with Crippen LogP contribution in [0.2, 0.25) is 0 Å². The van der Waals surface area contributed by atoms with Crippen LogP contribution in [-0.4, -0.2) is 30.2 Å². The molecule has 0 aliphatic carbocycles. The average Bonchev–Trinajstić information content (AvgIpc) is 2.15. The van der Waals surface area contributed by atoms with Gasteiger partial charge in [-0.05, 0) is 13.8 Å². The zero-order chi connectivity index (χ0) is 9.68. The topological polar surface area (TPSA) is 9.23 Å². The van der Waals surface area contributed by atoms with Crippen LogP contribution in [0, 0.1) is 6.07 Å². The Hall–Kier alpha value is 0.00623. The van der Waals surface area contributed by atoms with Gasteiger partial charge in [0, 0.05) is 5.75 Å². The van der Waals surface area contributed by atoms with Gasteiger partial charge in [0.05, 0.1) is 7.11 Å². The molecule has 0 saturated heterocycles. The van der Waals surface area contributed by atoms with Gasteiger partial charge in [-0.3, -0.25) is 0 Å². The molecule has 15 heavy (non-hydrogen) atoms. The summed E-state index contributed by atoms with van der Waals surface area (Å²) in [6.07, 6.45) is 3.11. The molecule has 1 nitrogen and oxygen atoms in total. The number of hydrogen-bond donors (Lipinski definition) is 0. The molecule has 1 aromatic carbocycles. The molecule has 0 spiro atoms. The van der Waals surface area contributed by atoms with Gasteiger partial charge < -0.3 is 21.7 Å². The summed E-state index contributed by atoms with van der Waals surface area (Å²) in [4.78, 5) is 0. The zero-order valence-corrected chi connectivity index (χ0v) is 12.5. The second-order valence-electron chi connectivity index (χ2n) is 3.22. The summed E-state index contributed by atoms with van der Waals surface area (Å²) in [5.74, 6) is 0.941. The third kappa shape index (κ3) is 6.23. The molecule has 1 aromatic rings. The van der Waals surface area contributed by atoms with Crippen molar-refractivity contribution in [2.75, 3.05) is 7.11 Å². The van der Waals surface area contributed by atoms with Crippen molar-refractivity contribution < 1.29 is 21.7 Å². The van der Waals surface area contributed by atoms with E-state index in [2.05, 4.69) is 26.0 Å². The fourth-order valence-corrected chi connectivity index (χ4v) is 1.12. The number of halogens is 1. The summed E-state index contributed by atoms with van der Waals surface area (Å²) >= 11 is 0. The number of rotatable bonds is 3. The third-order valence-corrected chi connectivity index (χ3v) is 1.86. The molecule has 0 heterocycles. The maximum atomic E-state index is 5.23. The standard InChI is InChI=1S/C12H15O.BrH.Mg/c1-10(2)8-9-11-6-4-5-7-12(11)13-3;;/h5-8H,9H2,1-3H3;1H;/q-1;;+2/p-1. The van der Waals surface area contributed by atoms with Gasteiger partial charge in [-0.15, -0.1) is 11.6 Å². The molecule has 0 saturated carbocycles. The number of hydrogen-bond acceptors (Lipinski definition) is 1. The number of ether oxygens (including phenoxy) is 1. The quantitative estimate of drug-likeness (QED) is 0.417. The minimum absolute atomic E-state index is 0. The number of methoxy groups -OCH3 is 1. The Kier molecular flexibility index (Phi) is 10.7. The van der Waals surface area contributed by atoms with Gasteiger partial charge in [0.1, 0.15) is 0 Å². The van der Waals surface area contributed by atoms with E-state index >= 15 is 0 Å². The zero-order valence-electron chi connectivity index (χ0n) is 9.51. The van der Waals surface area contributed by atoms with Crippen LogP contribution in [0.25, 0.3) is 0 Å². The first-order chi connectivity index (χ1) is 6.24. The van der Waals surface area contributed by atoms with Crippen molar-refractivity contribution in [1.29, 1.82) is 0 Å². The Morgan fingerprint density at radius 3 is 2.67 bits per heavy atom. The van der Waals surface area contributed by atoms with Gasteiger partial charge in [-0.2, -0.15) is 18.2 Å². The fourth-order valence-electron chi connectivity index (χ4n) is 1.12. The molecule has 0 amide bonds. The van der Waals surface area contributed by atoms with E-state index in [1.807, 2.05) is 18.2 Å². The van der Waals surface area contributed by atoms with Crippen LogP contribution in [-0.2, 0) is 6.42 Å². The molecule has 0 fully saturated rings. The van der Waals surface area contributed by atoms with E-state index in [0.717, 1.165) is 12.2 Å².